The highest BCUT2D eigenvalue weighted by atomic mass is 35.5. The van der Waals surface area contributed by atoms with Gasteiger partial charge < -0.3 is 5.32 Å². The lowest BCUT2D eigenvalue weighted by Crippen LogP contribution is -2.10. The third-order valence-electron chi connectivity index (χ3n) is 4.93. The Morgan fingerprint density at radius 2 is 1.86 bits per heavy atom. The Morgan fingerprint density at radius 3 is 2.61 bits per heavy atom. The number of alkyl halides is 3. The van der Waals surface area contributed by atoms with E-state index in [2.05, 4.69) is 10.4 Å². The molecule has 0 saturated heterocycles. The first kappa shape index (κ1) is 18.9. The molecule has 0 amide bonds. The molecule has 28 heavy (non-hydrogen) atoms. The van der Waals surface area contributed by atoms with Gasteiger partial charge in [-0.05, 0) is 43.0 Å². The van der Waals surface area contributed by atoms with Crippen LogP contribution in [0, 0.1) is 0 Å². The summed E-state index contributed by atoms with van der Waals surface area (Å²) < 4.78 is 41.2. The molecular weight excluding hydrogens is 387 g/mol. The predicted molar refractivity (Wildman–Crippen MR) is 104 cm³/mol. The second-order valence-electron chi connectivity index (χ2n) is 6.90. The van der Waals surface area contributed by atoms with Crippen LogP contribution >= 0.6 is 11.6 Å². The number of halogens is 4. The Kier molecular flexibility index (Phi) is 5.06. The maximum absolute atomic E-state index is 13.2. The van der Waals surface area contributed by atoms with Gasteiger partial charge >= 0.3 is 6.18 Å². The van der Waals surface area contributed by atoms with Crippen molar-refractivity contribution in [2.75, 3.05) is 11.9 Å². The maximum Gasteiger partial charge on any atom is 0.416 e. The standard InChI is InChI=1S/C21H19ClF3N3/c22-17-10-9-15(21(23,24)25)13-19(17)28-20-16(8-4-5-11-26-20)18(27-28)12-14-6-2-1-3-7-14/h1-3,6-7,9-10,13,26H,4-5,8,11-12H2. The van der Waals surface area contributed by atoms with E-state index in [0.717, 1.165) is 60.6 Å². The molecule has 2 aromatic carbocycles. The molecule has 0 aliphatic carbocycles. The van der Waals surface area contributed by atoms with Crippen LogP contribution in [0.2, 0.25) is 5.02 Å². The molecule has 1 aliphatic heterocycles. The van der Waals surface area contributed by atoms with E-state index in [9.17, 15) is 13.2 Å². The van der Waals surface area contributed by atoms with Crippen molar-refractivity contribution in [3.63, 3.8) is 0 Å². The summed E-state index contributed by atoms with van der Waals surface area (Å²) in [5, 5.41) is 8.26. The first-order valence-electron chi connectivity index (χ1n) is 9.19. The molecule has 0 bridgehead atoms. The van der Waals surface area contributed by atoms with E-state index in [0.29, 0.717) is 6.42 Å². The van der Waals surface area contributed by atoms with Crippen LogP contribution in [0.3, 0.4) is 0 Å². The number of nitrogens with one attached hydrogen (secondary N) is 1. The minimum Gasteiger partial charge on any atom is -0.370 e. The Labute approximate surface area is 166 Å². The molecule has 146 valence electrons. The summed E-state index contributed by atoms with van der Waals surface area (Å²) in [5.74, 6) is 0.740. The topological polar surface area (TPSA) is 29.9 Å². The lowest BCUT2D eigenvalue weighted by Gasteiger charge is -2.13. The fourth-order valence-corrected chi connectivity index (χ4v) is 3.73. The number of fused-ring (bicyclic) bond motifs is 1. The van der Waals surface area contributed by atoms with E-state index in [1.807, 2.05) is 30.3 Å². The van der Waals surface area contributed by atoms with Crippen LogP contribution in [-0.4, -0.2) is 16.3 Å². The van der Waals surface area contributed by atoms with Gasteiger partial charge in [-0.15, -0.1) is 0 Å². The number of benzene rings is 2. The smallest absolute Gasteiger partial charge is 0.370 e. The summed E-state index contributed by atoms with van der Waals surface area (Å²) in [6.45, 7) is 0.750. The molecule has 1 N–H and O–H groups in total. The monoisotopic (exact) mass is 405 g/mol. The van der Waals surface area contributed by atoms with Crippen molar-refractivity contribution in [1.82, 2.24) is 9.78 Å². The third-order valence-corrected chi connectivity index (χ3v) is 5.25. The van der Waals surface area contributed by atoms with E-state index >= 15 is 0 Å². The van der Waals surface area contributed by atoms with Gasteiger partial charge in [0.05, 0.1) is 22.0 Å². The second-order valence-corrected chi connectivity index (χ2v) is 7.30. The summed E-state index contributed by atoms with van der Waals surface area (Å²) in [6, 6.07) is 13.3. The lowest BCUT2D eigenvalue weighted by molar-refractivity contribution is -0.137. The average molecular weight is 406 g/mol. The number of hydrogen-bond donors (Lipinski definition) is 1. The zero-order chi connectivity index (χ0) is 19.7. The molecular formula is C21H19ClF3N3. The van der Waals surface area contributed by atoms with Crippen LogP contribution in [0.4, 0.5) is 19.0 Å². The number of aromatic nitrogens is 2. The summed E-state index contributed by atoms with van der Waals surface area (Å²) >= 11 is 6.28. The van der Waals surface area contributed by atoms with E-state index < -0.39 is 11.7 Å². The fourth-order valence-electron chi connectivity index (χ4n) is 3.53. The van der Waals surface area contributed by atoms with Crippen molar-refractivity contribution in [3.8, 4) is 5.69 Å². The molecule has 2 heterocycles. The summed E-state index contributed by atoms with van der Waals surface area (Å²) in [6.07, 6.45) is -0.987. The van der Waals surface area contributed by atoms with Crippen molar-refractivity contribution >= 4 is 17.4 Å². The molecule has 1 aromatic heterocycles. The Morgan fingerprint density at radius 1 is 1.07 bits per heavy atom. The van der Waals surface area contributed by atoms with Crippen LogP contribution < -0.4 is 5.32 Å². The van der Waals surface area contributed by atoms with Crippen LogP contribution in [0.25, 0.3) is 5.69 Å². The summed E-state index contributed by atoms with van der Waals surface area (Å²) in [7, 11) is 0. The zero-order valence-corrected chi connectivity index (χ0v) is 15.8. The Hall–Kier alpha value is -2.47. The molecule has 7 heteroatoms. The van der Waals surface area contributed by atoms with Crippen molar-refractivity contribution in [2.24, 2.45) is 0 Å². The van der Waals surface area contributed by atoms with Gasteiger partial charge in [-0.25, -0.2) is 4.68 Å². The van der Waals surface area contributed by atoms with Gasteiger partial charge in [0.25, 0.3) is 0 Å². The van der Waals surface area contributed by atoms with Gasteiger partial charge in [0.15, 0.2) is 0 Å². The number of anilines is 1. The van der Waals surface area contributed by atoms with Gasteiger partial charge in [-0.2, -0.15) is 18.3 Å². The van der Waals surface area contributed by atoms with Gasteiger partial charge in [0, 0.05) is 18.5 Å². The van der Waals surface area contributed by atoms with Crippen molar-refractivity contribution in [2.45, 2.75) is 31.9 Å². The highest BCUT2D eigenvalue weighted by molar-refractivity contribution is 6.32. The SMILES string of the molecule is FC(F)(F)c1ccc(Cl)c(-n2nc(Cc3ccccc3)c3c2NCCCC3)c1. The molecule has 0 spiro atoms. The highest BCUT2D eigenvalue weighted by Gasteiger charge is 2.32. The van der Waals surface area contributed by atoms with Gasteiger partial charge in [0.2, 0.25) is 0 Å². The first-order chi connectivity index (χ1) is 13.4. The molecule has 0 atom stereocenters. The Bertz CT molecular complexity index is 981. The van der Waals surface area contributed by atoms with Gasteiger partial charge in [0.1, 0.15) is 5.82 Å². The van der Waals surface area contributed by atoms with E-state index in [1.165, 1.54) is 10.7 Å². The molecule has 4 rings (SSSR count). The normalized spacial score (nSPS) is 14.3. The minimum absolute atomic E-state index is 0.232. The first-order valence-corrected chi connectivity index (χ1v) is 9.57. The highest BCUT2D eigenvalue weighted by Crippen LogP contribution is 2.36. The van der Waals surface area contributed by atoms with Crippen LogP contribution in [0.1, 0.15) is 35.2 Å². The van der Waals surface area contributed by atoms with E-state index in [-0.39, 0.29) is 10.7 Å². The quantitative estimate of drug-likeness (QED) is 0.589. The van der Waals surface area contributed by atoms with E-state index in [4.69, 9.17) is 11.6 Å². The fraction of sp³-hybridized carbons (Fsp3) is 0.286. The molecule has 1 aliphatic rings. The molecule has 0 fully saturated rings. The van der Waals surface area contributed by atoms with E-state index in [1.54, 1.807) is 0 Å². The molecule has 3 aromatic rings. The van der Waals surface area contributed by atoms with Gasteiger partial charge in [-0.1, -0.05) is 41.9 Å². The molecule has 0 radical (unpaired) electrons. The van der Waals surface area contributed by atoms with Crippen LogP contribution in [-0.2, 0) is 19.0 Å². The Balaban J connectivity index is 1.84. The number of hydrogen-bond acceptors (Lipinski definition) is 2. The zero-order valence-electron chi connectivity index (χ0n) is 15.1. The third kappa shape index (κ3) is 3.74. The average Bonchev–Trinajstić information content (AvgIpc) is 2.84. The second kappa shape index (κ2) is 7.51. The molecule has 0 unspecified atom stereocenters. The number of rotatable bonds is 3. The molecule has 0 saturated carbocycles. The predicted octanol–water partition coefficient (Wildman–Crippen LogP) is 5.88. The summed E-state index contributed by atoms with van der Waals surface area (Å²) in [5.41, 5.74) is 2.52. The molecule has 3 nitrogen and oxygen atoms in total. The minimum atomic E-state index is -4.44. The largest absolute Gasteiger partial charge is 0.416 e. The lowest BCUT2D eigenvalue weighted by atomic mass is 10.0. The van der Waals surface area contributed by atoms with Crippen molar-refractivity contribution in [1.29, 1.82) is 0 Å². The van der Waals surface area contributed by atoms with Crippen LogP contribution in [0.15, 0.2) is 48.5 Å². The van der Waals surface area contributed by atoms with Crippen molar-refractivity contribution in [3.05, 3.63) is 75.9 Å². The van der Waals surface area contributed by atoms with Crippen molar-refractivity contribution < 1.29 is 13.2 Å². The summed E-state index contributed by atoms with van der Waals surface area (Å²) in [4.78, 5) is 0. The number of nitrogens with zero attached hydrogens (tertiary/aromatic N) is 2. The van der Waals surface area contributed by atoms with Gasteiger partial charge in [-0.3, -0.25) is 0 Å². The maximum atomic E-state index is 13.2. The van der Waals surface area contributed by atoms with Crippen LogP contribution in [0.5, 0.6) is 0 Å².